The maximum Gasteiger partial charge on any atom is 0.230 e. The summed E-state index contributed by atoms with van der Waals surface area (Å²) < 4.78 is 0. The highest BCUT2D eigenvalue weighted by molar-refractivity contribution is 7.99. The average molecular weight is 252 g/mol. The van der Waals surface area contributed by atoms with Gasteiger partial charge in [-0.1, -0.05) is 19.9 Å². The lowest BCUT2D eigenvalue weighted by atomic mass is 9.98. The lowest BCUT2D eigenvalue weighted by Gasteiger charge is -2.20. The van der Waals surface area contributed by atoms with Crippen LogP contribution in [0.4, 0.5) is 0 Å². The number of rotatable bonds is 6. The minimum Gasteiger partial charge on any atom is -0.349 e. The molecule has 0 saturated carbocycles. The van der Waals surface area contributed by atoms with Gasteiger partial charge in [0.1, 0.15) is 0 Å². The van der Waals surface area contributed by atoms with Crippen LogP contribution in [0, 0.1) is 5.92 Å². The molecular formula is C13H20N2OS. The van der Waals surface area contributed by atoms with Gasteiger partial charge in [0, 0.05) is 12.4 Å². The van der Waals surface area contributed by atoms with Gasteiger partial charge in [-0.15, -0.1) is 0 Å². The Morgan fingerprint density at radius 1 is 1.53 bits per heavy atom. The van der Waals surface area contributed by atoms with Gasteiger partial charge in [-0.05, 0) is 30.2 Å². The lowest BCUT2D eigenvalue weighted by molar-refractivity contribution is -0.119. The van der Waals surface area contributed by atoms with Crippen molar-refractivity contribution in [2.45, 2.75) is 26.3 Å². The highest BCUT2D eigenvalue weighted by atomic mass is 32.2. The van der Waals surface area contributed by atoms with Crippen LogP contribution < -0.4 is 5.32 Å². The van der Waals surface area contributed by atoms with E-state index in [1.54, 1.807) is 6.20 Å². The minimum absolute atomic E-state index is 0.0725. The molecule has 0 aliphatic heterocycles. The first kappa shape index (κ1) is 14.0. The second kappa shape index (κ2) is 7.33. The Hall–Kier alpha value is -1.03. The van der Waals surface area contributed by atoms with Gasteiger partial charge in [0.25, 0.3) is 0 Å². The standard InChI is InChI=1S/C13H20N2OS/c1-10(2)7-12(15-13(16)9-17-3)11-5-4-6-14-8-11/h4-6,8,10,12H,7,9H2,1-3H3,(H,15,16)/t12-/m0/s1. The van der Waals surface area contributed by atoms with Crippen molar-refractivity contribution in [2.75, 3.05) is 12.0 Å². The molecule has 17 heavy (non-hydrogen) atoms. The number of hydrogen-bond acceptors (Lipinski definition) is 3. The van der Waals surface area contributed by atoms with Crippen LogP contribution in [0.3, 0.4) is 0 Å². The Kier molecular flexibility index (Phi) is 6.05. The zero-order valence-corrected chi connectivity index (χ0v) is 11.5. The number of hydrogen-bond donors (Lipinski definition) is 1. The van der Waals surface area contributed by atoms with E-state index >= 15 is 0 Å². The predicted molar refractivity (Wildman–Crippen MR) is 73.0 cm³/mol. The number of carbonyl (C=O) groups is 1. The first-order valence-corrected chi connectivity index (χ1v) is 7.21. The second-order valence-corrected chi connectivity index (χ2v) is 5.34. The molecule has 4 heteroatoms. The molecule has 1 atom stereocenters. The maximum atomic E-state index is 11.7. The Morgan fingerprint density at radius 3 is 2.82 bits per heavy atom. The quantitative estimate of drug-likeness (QED) is 0.846. The van der Waals surface area contributed by atoms with Gasteiger partial charge >= 0.3 is 0 Å². The summed E-state index contributed by atoms with van der Waals surface area (Å²) >= 11 is 1.54. The van der Waals surface area contributed by atoms with Crippen LogP contribution in [-0.4, -0.2) is 22.9 Å². The third-order valence-electron chi connectivity index (χ3n) is 2.40. The number of aromatic nitrogens is 1. The molecule has 0 fully saturated rings. The van der Waals surface area contributed by atoms with E-state index in [0.29, 0.717) is 11.7 Å². The fourth-order valence-electron chi connectivity index (χ4n) is 1.70. The molecule has 94 valence electrons. The SMILES string of the molecule is CSCC(=O)N[C@@H](CC(C)C)c1cccnc1. The first-order valence-electron chi connectivity index (χ1n) is 5.81. The molecule has 1 aromatic rings. The van der Waals surface area contributed by atoms with Crippen LogP contribution in [0.25, 0.3) is 0 Å². The molecule has 3 nitrogen and oxygen atoms in total. The molecule has 1 N–H and O–H groups in total. The molecular weight excluding hydrogens is 232 g/mol. The van der Waals surface area contributed by atoms with E-state index in [2.05, 4.69) is 24.1 Å². The number of nitrogens with zero attached hydrogens (tertiary/aromatic N) is 1. The van der Waals surface area contributed by atoms with Crippen molar-refractivity contribution in [3.05, 3.63) is 30.1 Å². The van der Waals surface area contributed by atoms with E-state index in [0.717, 1.165) is 12.0 Å². The van der Waals surface area contributed by atoms with Crippen molar-refractivity contribution < 1.29 is 4.79 Å². The normalized spacial score (nSPS) is 12.5. The summed E-state index contributed by atoms with van der Waals surface area (Å²) in [5, 5.41) is 3.07. The molecule has 1 heterocycles. The van der Waals surface area contributed by atoms with Crippen molar-refractivity contribution >= 4 is 17.7 Å². The van der Waals surface area contributed by atoms with Crippen molar-refractivity contribution in [3.63, 3.8) is 0 Å². The van der Waals surface area contributed by atoms with E-state index < -0.39 is 0 Å². The fraction of sp³-hybridized carbons (Fsp3) is 0.538. The van der Waals surface area contributed by atoms with Gasteiger partial charge in [0.15, 0.2) is 0 Å². The maximum absolute atomic E-state index is 11.7. The monoisotopic (exact) mass is 252 g/mol. The topological polar surface area (TPSA) is 42.0 Å². The molecule has 1 rings (SSSR count). The Balaban J connectivity index is 2.70. The zero-order chi connectivity index (χ0) is 12.7. The summed E-state index contributed by atoms with van der Waals surface area (Å²) in [5.41, 5.74) is 1.08. The second-order valence-electron chi connectivity index (χ2n) is 4.47. The molecule has 0 aliphatic carbocycles. The van der Waals surface area contributed by atoms with Gasteiger partial charge in [-0.2, -0.15) is 11.8 Å². The van der Waals surface area contributed by atoms with Gasteiger partial charge in [0.05, 0.1) is 11.8 Å². The summed E-state index contributed by atoms with van der Waals surface area (Å²) in [5.74, 6) is 1.14. The molecule has 0 spiro atoms. The molecule has 0 radical (unpaired) electrons. The summed E-state index contributed by atoms with van der Waals surface area (Å²) in [6.07, 6.45) is 6.44. The third-order valence-corrected chi connectivity index (χ3v) is 2.96. The average Bonchev–Trinajstić information content (AvgIpc) is 2.29. The van der Waals surface area contributed by atoms with Gasteiger partial charge < -0.3 is 5.32 Å². The summed E-state index contributed by atoms with van der Waals surface area (Å²) in [4.78, 5) is 15.8. The predicted octanol–water partition coefficient (Wildman–Crippen LogP) is 2.65. The number of amides is 1. The van der Waals surface area contributed by atoms with Gasteiger partial charge in [-0.3, -0.25) is 9.78 Å². The van der Waals surface area contributed by atoms with Gasteiger partial charge in [-0.25, -0.2) is 0 Å². The first-order chi connectivity index (χ1) is 8.13. The van der Waals surface area contributed by atoms with E-state index in [1.165, 1.54) is 11.8 Å². The van der Waals surface area contributed by atoms with Crippen LogP contribution in [0.2, 0.25) is 0 Å². The number of carbonyl (C=O) groups excluding carboxylic acids is 1. The third kappa shape index (κ3) is 5.22. The summed E-state index contributed by atoms with van der Waals surface area (Å²) in [6.45, 7) is 4.31. The van der Waals surface area contributed by atoms with Crippen LogP contribution in [0.5, 0.6) is 0 Å². The van der Waals surface area contributed by atoms with Crippen molar-refractivity contribution in [1.29, 1.82) is 0 Å². The molecule has 0 unspecified atom stereocenters. The zero-order valence-electron chi connectivity index (χ0n) is 10.6. The van der Waals surface area contributed by atoms with Crippen molar-refractivity contribution in [1.82, 2.24) is 10.3 Å². The number of nitrogens with one attached hydrogen (secondary N) is 1. The Morgan fingerprint density at radius 2 is 2.29 bits per heavy atom. The minimum atomic E-state index is 0.0725. The van der Waals surface area contributed by atoms with E-state index in [1.807, 2.05) is 24.6 Å². The number of thioether (sulfide) groups is 1. The fourth-order valence-corrected chi connectivity index (χ4v) is 2.04. The summed E-state index contributed by atoms with van der Waals surface area (Å²) in [6, 6.07) is 3.99. The largest absolute Gasteiger partial charge is 0.349 e. The van der Waals surface area contributed by atoms with Crippen LogP contribution >= 0.6 is 11.8 Å². The molecule has 0 bridgehead atoms. The molecule has 0 saturated heterocycles. The van der Waals surface area contributed by atoms with Crippen LogP contribution in [0.1, 0.15) is 31.9 Å². The van der Waals surface area contributed by atoms with Crippen molar-refractivity contribution in [3.8, 4) is 0 Å². The molecule has 0 aromatic carbocycles. The highest BCUT2D eigenvalue weighted by Crippen LogP contribution is 2.20. The molecule has 1 amide bonds. The van der Waals surface area contributed by atoms with Crippen LogP contribution in [0.15, 0.2) is 24.5 Å². The van der Waals surface area contributed by atoms with E-state index in [4.69, 9.17) is 0 Å². The lowest BCUT2D eigenvalue weighted by Crippen LogP contribution is -2.30. The van der Waals surface area contributed by atoms with Gasteiger partial charge in [0.2, 0.25) is 5.91 Å². The van der Waals surface area contributed by atoms with E-state index in [9.17, 15) is 4.79 Å². The highest BCUT2D eigenvalue weighted by Gasteiger charge is 2.15. The molecule has 1 aromatic heterocycles. The Labute approximate surface area is 107 Å². The smallest absolute Gasteiger partial charge is 0.230 e. The van der Waals surface area contributed by atoms with Crippen LogP contribution in [-0.2, 0) is 4.79 Å². The summed E-state index contributed by atoms with van der Waals surface area (Å²) in [7, 11) is 0. The molecule has 0 aliphatic rings. The number of pyridine rings is 1. The van der Waals surface area contributed by atoms with E-state index in [-0.39, 0.29) is 11.9 Å². The Bertz CT molecular complexity index is 341. The van der Waals surface area contributed by atoms with Crippen molar-refractivity contribution in [2.24, 2.45) is 5.92 Å².